The monoisotopic (exact) mass is 328 g/mol. The van der Waals surface area contributed by atoms with E-state index in [-0.39, 0.29) is 5.97 Å². The van der Waals surface area contributed by atoms with Crippen LogP contribution in [0.2, 0.25) is 0 Å². The number of esters is 1. The first-order valence-corrected chi connectivity index (χ1v) is 7.28. The molecule has 0 bridgehead atoms. The van der Waals surface area contributed by atoms with Crippen LogP contribution in [0.15, 0.2) is 22.7 Å². The van der Waals surface area contributed by atoms with Crippen LogP contribution in [0.25, 0.3) is 0 Å². The van der Waals surface area contributed by atoms with Crippen molar-refractivity contribution in [2.45, 2.75) is 33.3 Å². The molecule has 3 nitrogen and oxygen atoms in total. The summed E-state index contributed by atoms with van der Waals surface area (Å²) in [6.07, 6.45) is 2.26. The van der Waals surface area contributed by atoms with Gasteiger partial charge in [0.25, 0.3) is 0 Å². The highest BCUT2D eigenvalue weighted by atomic mass is 79.9. The van der Waals surface area contributed by atoms with Crippen LogP contribution in [0.3, 0.4) is 0 Å². The van der Waals surface area contributed by atoms with Gasteiger partial charge < -0.3 is 9.47 Å². The Morgan fingerprint density at radius 3 is 2.68 bits per heavy atom. The molecule has 0 saturated heterocycles. The van der Waals surface area contributed by atoms with Crippen molar-refractivity contribution in [3.05, 3.63) is 33.8 Å². The molecule has 106 valence electrons. The van der Waals surface area contributed by atoms with Gasteiger partial charge >= 0.3 is 5.97 Å². The lowest BCUT2D eigenvalue weighted by Crippen LogP contribution is -2.03. The quantitative estimate of drug-likeness (QED) is 0.556. The number of carbonyl (C=O) groups is 1. The predicted molar refractivity (Wildman–Crippen MR) is 79.2 cm³/mol. The van der Waals surface area contributed by atoms with Gasteiger partial charge in [0.15, 0.2) is 0 Å². The molecule has 0 aliphatic rings. The van der Waals surface area contributed by atoms with Crippen molar-refractivity contribution in [2.75, 3.05) is 13.7 Å². The Balaban J connectivity index is 2.44. The molecule has 0 heterocycles. The van der Waals surface area contributed by atoms with Crippen LogP contribution >= 0.6 is 15.9 Å². The molecular formula is C15H21BrO3. The van der Waals surface area contributed by atoms with Gasteiger partial charge in [-0.25, -0.2) is 4.79 Å². The zero-order chi connectivity index (χ0) is 14.3. The number of ether oxygens (including phenoxy) is 2. The molecule has 0 atom stereocenters. The molecule has 0 aromatic heterocycles. The van der Waals surface area contributed by atoms with Gasteiger partial charge in [-0.2, -0.15) is 0 Å². The number of benzene rings is 1. The minimum absolute atomic E-state index is 0.329. The van der Waals surface area contributed by atoms with Gasteiger partial charge in [0, 0.05) is 11.1 Å². The van der Waals surface area contributed by atoms with Crippen LogP contribution in [0.1, 0.15) is 42.6 Å². The van der Waals surface area contributed by atoms with Gasteiger partial charge in [-0.1, -0.05) is 35.8 Å². The van der Waals surface area contributed by atoms with Crippen molar-refractivity contribution in [1.29, 1.82) is 0 Å². The van der Waals surface area contributed by atoms with Gasteiger partial charge in [0.1, 0.15) is 0 Å². The van der Waals surface area contributed by atoms with Crippen LogP contribution in [0, 0.1) is 5.92 Å². The molecular weight excluding hydrogens is 308 g/mol. The van der Waals surface area contributed by atoms with Crippen LogP contribution in [0.4, 0.5) is 0 Å². The minimum Gasteiger partial charge on any atom is -0.465 e. The molecule has 0 aliphatic heterocycles. The molecule has 0 unspecified atom stereocenters. The third-order valence-electron chi connectivity index (χ3n) is 2.80. The average molecular weight is 329 g/mol. The molecule has 0 radical (unpaired) electrons. The Bertz CT molecular complexity index is 416. The third kappa shape index (κ3) is 5.74. The minimum atomic E-state index is -0.329. The average Bonchev–Trinajstić information content (AvgIpc) is 2.38. The van der Waals surface area contributed by atoms with E-state index in [1.165, 1.54) is 13.5 Å². The van der Waals surface area contributed by atoms with E-state index in [0.29, 0.717) is 12.2 Å². The Labute approximate surface area is 123 Å². The van der Waals surface area contributed by atoms with Gasteiger partial charge in [0.2, 0.25) is 0 Å². The van der Waals surface area contributed by atoms with E-state index in [9.17, 15) is 4.79 Å². The lowest BCUT2D eigenvalue weighted by molar-refractivity contribution is 0.0600. The summed E-state index contributed by atoms with van der Waals surface area (Å²) in [6.45, 7) is 5.74. The third-order valence-corrected chi connectivity index (χ3v) is 3.54. The molecule has 0 spiro atoms. The summed E-state index contributed by atoms with van der Waals surface area (Å²) >= 11 is 3.45. The lowest BCUT2D eigenvalue weighted by atomic mass is 10.1. The van der Waals surface area contributed by atoms with Crippen LogP contribution in [-0.2, 0) is 16.1 Å². The molecule has 0 fully saturated rings. The smallest absolute Gasteiger partial charge is 0.337 e. The predicted octanol–water partition coefficient (Wildman–Crippen LogP) is 4.19. The molecule has 1 aromatic rings. The second kappa shape index (κ2) is 8.33. The lowest BCUT2D eigenvalue weighted by Gasteiger charge is -2.08. The summed E-state index contributed by atoms with van der Waals surface area (Å²) in [7, 11) is 1.38. The molecule has 1 aromatic carbocycles. The van der Waals surface area contributed by atoms with Gasteiger partial charge in [-0.3, -0.25) is 0 Å². The zero-order valence-electron chi connectivity index (χ0n) is 11.7. The SMILES string of the molecule is COC(=O)c1ccc(COCCCC(C)C)c(Br)c1. The Morgan fingerprint density at radius 2 is 2.11 bits per heavy atom. The van der Waals surface area contributed by atoms with Crippen molar-refractivity contribution in [3.63, 3.8) is 0 Å². The number of halogens is 1. The maximum Gasteiger partial charge on any atom is 0.337 e. The van der Waals surface area contributed by atoms with Crippen LogP contribution < -0.4 is 0 Å². The second-order valence-electron chi connectivity index (χ2n) is 4.89. The first kappa shape index (κ1) is 16.2. The fourth-order valence-electron chi connectivity index (χ4n) is 1.68. The standard InChI is InChI=1S/C15H21BrO3/c1-11(2)5-4-8-19-10-13-7-6-12(9-14(13)16)15(17)18-3/h6-7,9,11H,4-5,8,10H2,1-3H3. The highest BCUT2D eigenvalue weighted by Gasteiger charge is 2.08. The van der Waals surface area contributed by atoms with E-state index in [0.717, 1.165) is 29.0 Å². The van der Waals surface area contributed by atoms with E-state index in [1.54, 1.807) is 12.1 Å². The van der Waals surface area contributed by atoms with Crippen molar-refractivity contribution < 1.29 is 14.3 Å². The first-order chi connectivity index (χ1) is 9.04. The zero-order valence-corrected chi connectivity index (χ0v) is 13.3. The summed E-state index contributed by atoms with van der Waals surface area (Å²) in [6, 6.07) is 5.40. The van der Waals surface area contributed by atoms with Gasteiger partial charge in [0.05, 0.1) is 19.3 Å². The largest absolute Gasteiger partial charge is 0.465 e. The Kier molecular flexibility index (Phi) is 7.10. The summed E-state index contributed by atoms with van der Waals surface area (Å²) in [5, 5.41) is 0. The van der Waals surface area contributed by atoms with Crippen molar-refractivity contribution in [2.24, 2.45) is 5.92 Å². The fourth-order valence-corrected chi connectivity index (χ4v) is 2.18. The van der Waals surface area contributed by atoms with Crippen molar-refractivity contribution in [3.8, 4) is 0 Å². The Hall–Kier alpha value is -0.870. The summed E-state index contributed by atoms with van der Waals surface area (Å²) in [5.74, 6) is 0.389. The van der Waals surface area contributed by atoms with Gasteiger partial charge in [-0.15, -0.1) is 0 Å². The second-order valence-corrected chi connectivity index (χ2v) is 5.74. The van der Waals surface area contributed by atoms with Crippen LogP contribution in [0.5, 0.6) is 0 Å². The van der Waals surface area contributed by atoms with E-state index in [2.05, 4.69) is 34.5 Å². The molecule has 0 amide bonds. The van der Waals surface area contributed by atoms with E-state index in [1.807, 2.05) is 6.07 Å². The molecule has 4 heteroatoms. The molecule has 0 saturated carbocycles. The molecule has 0 aliphatic carbocycles. The number of hydrogen-bond donors (Lipinski definition) is 0. The molecule has 19 heavy (non-hydrogen) atoms. The van der Waals surface area contributed by atoms with Crippen molar-refractivity contribution >= 4 is 21.9 Å². The number of methoxy groups -OCH3 is 1. The normalized spacial score (nSPS) is 10.8. The number of carbonyl (C=O) groups excluding carboxylic acids is 1. The summed E-state index contributed by atoms with van der Waals surface area (Å²) in [4.78, 5) is 11.4. The highest BCUT2D eigenvalue weighted by molar-refractivity contribution is 9.10. The number of rotatable bonds is 7. The highest BCUT2D eigenvalue weighted by Crippen LogP contribution is 2.20. The molecule has 0 N–H and O–H groups in total. The van der Waals surface area contributed by atoms with E-state index >= 15 is 0 Å². The molecule has 1 rings (SSSR count). The first-order valence-electron chi connectivity index (χ1n) is 6.49. The topological polar surface area (TPSA) is 35.5 Å². The van der Waals surface area contributed by atoms with Crippen molar-refractivity contribution in [1.82, 2.24) is 0 Å². The summed E-state index contributed by atoms with van der Waals surface area (Å²) < 4.78 is 11.2. The van der Waals surface area contributed by atoms with E-state index in [4.69, 9.17) is 4.74 Å². The maximum atomic E-state index is 11.4. The van der Waals surface area contributed by atoms with E-state index < -0.39 is 0 Å². The van der Waals surface area contributed by atoms with Gasteiger partial charge in [-0.05, 0) is 36.5 Å². The fraction of sp³-hybridized carbons (Fsp3) is 0.533. The maximum absolute atomic E-state index is 11.4. The summed E-state index contributed by atoms with van der Waals surface area (Å²) in [5.41, 5.74) is 1.58. The number of hydrogen-bond acceptors (Lipinski definition) is 3. The van der Waals surface area contributed by atoms with Crippen LogP contribution in [-0.4, -0.2) is 19.7 Å². The Morgan fingerprint density at radius 1 is 1.37 bits per heavy atom.